The lowest BCUT2D eigenvalue weighted by atomic mass is 9.99. The van der Waals surface area contributed by atoms with Crippen molar-refractivity contribution < 1.29 is 4.84 Å². The van der Waals surface area contributed by atoms with Crippen LogP contribution < -0.4 is 11.2 Å². The van der Waals surface area contributed by atoms with Crippen molar-refractivity contribution in [3.63, 3.8) is 0 Å². The molecule has 0 aromatic carbocycles. The summed E-state index contributed by atoms with van der Waals surface area (Å²) in [5.74, 6) is 1.28. The van der Waals surface area contributed by atoms with Crippen LogP contribution in [0.5, 0.6) is 0 Å². The molecule has 1 aliphatic heterocycles. The minimum atomic E-state index is 0.373. The van der Waals surface area contributed by atoms with Crippen molar-refractivity contribution in [2.45, 2.75) is 31.7 Å². The summed E-state index contributed by atoms with van der Waals surface area (Å²) in [5, 5.41) is 0. The summed E-state index contributed by atoms with van der Waals surface area (Å²) in [6.45, 7) is 0. The third-order valence-electron chi connectivity index (χ3n) is 2.56. The van der Waals surface area contributed by atoms with Crippen molar-refractivity contribution in [3.05, 3.63) is 12.0 Å². The highest BCUT2D eigenvalue weighted by atomic mass is 16.7. The Morgan fingerprint density at radius 2 is 2.18 bits per heavy atom. The number of hydrogen-bond donors (Lipinski definition) is 2. The van der Waals surface area contributed by atoms with Crippen molar-refractivity contribution in [1.29, 1.82) is 0 Å². The van der Waals surface area contributed by atoms with E-state index in [0.29, 0.717) is 11.9 Å². The largest absolute Gasteiger partial charge is 0.391 e. The fourth-order valence-electron chi connectivity index (χ4n) is 1.93. The zero-order chi connectivity index (χ0) is 7.68. The molecule has 0 aromatic rings. The molecule has 0 saturated heterocycles. The van der Waals surface area contributed by atoms with Gasteiger partial charge in [0.15, 0.2) is 0 Å². The van der Waals surface area contributed by atoms with Crippen LogP contribution in [0.3, 0.4) is 0 Å². The van der Waals surface area contributed by atoms with Crippen molar-refractivity contribution in [1.82, 2.24) is 5.48 Å². The van der Waals surface area contributed by atoms with Gasteiger partial charge in [-0.05, 0) is 24.8 Å². The molecule has 1 heterocycles. The van der Waals surface area contributed by atoms with Gasteiger partial charge in [0.25, 0.3) is 0 Å². The van der Waals surface area contributed by atoms with Gasteiger partial charge in [0, 0.05) is 0 Å². The maximum absolute atomic E-state index is 5.47. The first-order chi connectivity index (χ1) is 5.36. The molecule has 3 N–H and O–H groups in total. The molecule has 1 atom stereocenters. The van der Waals surface area contributed by atoms with Gasteiger partial charge in [0.2, 0.25) is 5.88 Å². The number of hydroxylamine groups is 1. The van der Waals surface area contributed by atoms with E-state index in [4.69, 9.17) is 10.6 Å². The van der Waals surface area contributed by atoms with Crippen LogP contribution in [0.15, 0.2) is 12.0 Å². The van der Waals surface area contributed by atoms with E-state index in [1.807, 2.05) is 6.08 Å². The van der Waals surface area contributed by atoms with Crippen LogP contribution in [-0.4, -0.2) is 6.04 Å². The summed E-state index contributed by atoms with van der Waals surface area (Å²) in [4.78, 5) is 4.97. The van der Waals surface area contributed by atoms with Gasteiger partial charge in [-0.3, -0.25) is 0 Å². The number of hydrogen-bond acceptors (Lipinski definition) is 3. The van der Waals surface area contributed by atoms with E-state index in [1.54, 1.807) is 0 Å². The van der Waals surface area contributed by atoms with Gasteiger partial charge >= 0.3 is 0 Å². The first kappa shape index (κ1) is 6.98. The predicted octanol–water partition coefficient (Wildman–Crippen LogP) is 0.880. The number of nitrogens with one attached hydrogen (secondary N) is 1. The van der Waals surface area contributed by atoms with Crippen molar-refractivity contribution in [3.8, 4) is 0 Å². The standard InChI is InChI=1S/C8H14N2O/c9-8-5-7(10-11-8)6-3-1-2-4-6/h5-7,10H,1-4,9H2. The minimum absolute atomic E-state index is 0.373. The normalized spacial score (nSPS) is 32.0. The van der Waals surface area contributed by atoms with Crippen LogP contribution in [-0.2, 0) is 4.84 Å². The molecule has 1 fully saturated rings. The molecule has 3 heteroatoms. The Bertz CT molecular complexity index is 173. The zero-order valence-electron chi connectivity index (χ0n) is 6.55. The molecular weight excluding hydrogens is 140 g/mol. The third kappa shape index (κ3) is 1.33. The topological polar surface area (TPSA) is 47.3 Å². The van der Waals surface area contributed by atoms with Crippen LogP contribution >= 0.6 is 0 Å². The van der Waals surface area contributed by atoms with Crippen molar-refractivity contribution in [2.24, 2.45) is 11.7 Å². The molecule has 3 nitrogen and oxygen atoms in total. The smallest absolute Gasteiger partial charge is 0.207 e. The van der Waals surface area contributed by atoms with E-state index in [0.717, 1.165) is 5.92 Å². The molecule has 2 rings (SSSR count). The minimum Gasteiger partial charge on any atom is -0.391 e. The van der Waals surface area contributed by atoms with Gasteiger partial charge < -0.3 is 10.6 Å². The van der Waals surface area contributed by atoms with E-state index in [2.05, 4.69) is 5.48 Å². The molecular formula is C8H14N2O. The second-order valence-electron chi connectivity index (χ2n) is 3.36. The van der Waals surface area contributed by atoms with E-state index >= 15 is 0 Å². The van der Waals surface area contributed by atoms with Gasteiger partial charge in [0.1, 0.15) is 0 Å². The third-order valence-corrected chi connectivity index (χ3v) is 2.56. The molecule has 1 unspecified atom stereocenters. The lowest BCUT2D eigenvalue weighted by Crippen LogP contribution is -2.28. The fraction of sp³-hybridized carbons (Fsp3) is 0.750. The van der Waals surface area contributed by atoms with Crippen LogP contribution in [0, 0.1) is 5.92 Å². The lowest BCUT2D eigenvalue weighted by molar-refractivity contribution is 0.0989. The quantitative estimate of drug-likeness (QED) is 0.589. The summed E-state index contributed by atoms with van der Waals surface area (Å²) in [7, 11) is 0. The highest BCUT2D eigenvalue weighted by Gasteiger charge is 2.27. The summed E-state index contributed by atoms with van der Waals surface area (Å²) in [6.07, 6.45) is 7.32. The molecule has 0 radical (unpaired) electrons. The van der Waals surface area contributed by atoms with E-state index < -0.39 is 0 Å². The van der Waals surface area contributed by atoms with Gasteiger partial charge in [-0.25, -0.2) is 0 Å². The second kappa shape index (κ2) is 2.74. The Morgan fingerprint density at radius 3 is 2.73 bits per heavy atom. The molecule has 11 heavy (non-hydrogen) atoms. The Kier molecular flexibility index (Phi) is 1.74. The van der Waals surface area contributed by atoms with E-state index in [1.165, 1.54) is 25.7 Å². The lowest BCUT2D eigenvalue weighted by Gasteiger charge is -2.13. The highest BCUT2D eigenvalue weighted by Crippen LogP contribution is 2.29. The zero-order valence-corrected chi connectivity index (χ0v) is 6.55. The molecule has 1 saturated carbocycles. The first-order valence-corrected chi connectivity index (χ1v) is 4.26. The Balaban J connectivity index is 1.95. The van der Waals surface area contributed by atoms with Gasteiger partial charge in [-0.1, -0.05) is 12.8 Å². The van der Waals surface area contributed by atoms with Crippen molar-refractivity contribution >= 4 is 0 Å². The number of nitrogens with two attached hydrogens (primary N) is 1. The maximum Gasteiger partial charge on any atom is 0.207 e. The Hall–Kier alpha value is -0.700. The first-order valence-electron chi connectivity index (χ1n) is 4.26. The Labute approximate surface area is 66.5 Å². The van der Waals surface area contributed by atoms with E-state index in [-0.39, 0.29) is 0 Å². The van der Waals surface area contributed by atoms with Gasteiger partial charge in [-0.15, -0.1) is 5.48 Å². The summed E-state index contributed by atoms with van der Waals surface area (Å²) in [5.41, 5.74) is 8.40. The average Bonchev–Trinajstić information content (AvgIpc) is 2.55. The monoisotopic (exact) mass is 154 g/mol. The molecule has 0 spiro atoms. The predicted molar refractivity (Wildman–Crippen MR) is 42.2 cm³/mol. The van der Waals surface area contributed by atoms with E-state index in [9.17, 15) is 0 Å². The molecule has 2 aliphatic rings. The van der Waals surface area contributed by atoms with Crippen LogP contribution in [0.25, 0.3) is 0 Å². The second-order valence-corrected chi connectivity index (χ2v) is 3.36. The van der Waals surface area contributed by atoms with Gasteiger partial charge in [0.05, 0.1) is 6.04 Å². The summed E-state index contributed by atoms with van der Waals surface area (Å²) in [6, 6.07) is 0.373. The SMILES string of the molecule is NC1=CC(C2CCCC2)NO1. The molecule has 0 aromatic heterocycles. The molecule has 1 aliphatic carbocycles. The summed E-state index contributed by atoms with van der Waals surface area (Å²) < 4.78 is 0. The van der Waals surface area contributed by atoms with Crippen LogP contribution in [0.2, 0.25) is 0 Å². The molecule has 0 amide bonds. The summed E-state index contributed by atoms with van der Waals surface area (Å²) >= 11 is 0. The van der Waals surface area contributed by atoms with Crippen LogP contribution in [0.4, 0.5) is 0 Å². The number of rotatable bonds is 1. The van der Waals surface area contributed by atoms with Crippen LogP contribution in [0.1, 0.15) is 25.7 Å². The maximum atomic E-state index is 5.47. The molecule has 62 valence electrons. The van der Waals surface area contributed by atoms with Gasteiger partial charge in [-0.2, -0.15) is 0 Å². The average molecular weight is 154 g/mol. The molecule has 0 bridgehead atoms. The highest BCUT2D eigenvalue weighted by molar-refractivity contribution is 5.03. The fourth-order valence-corrected chi connectivity index (χ4v) is 1.93. The van der Waals surface area contributed by atoms with Crippen molar-refractivity contribution in [2.75, 3.05) is 0 Å². The Morgan fingerprint density at radius 1 is 1.45 bits per heavy atom.